The minimum absolute atomic E-state index is 0.157. The minimum atomic E-state index is -0.157. The molecule has 0 radical (unpaired) electrons. The summed E-state index contributed by atoms with van der Waals surface area (Å²) in [5, 5.41) is 3.39. The third kappa shape index (κ3) is 3.95. The number of likely N-dealkylation sites (N-methyl/N-ethyl adjacent to an activating group) is 1. The van der Waals surface area contributed by atoms with Crippen LogP contribution in [0.1, 0.15) is 26.3 Å². The van der Waals surface area contributed by atoms with Crippen LogP contribution in [0.3, 0.4) is 0 Å². The first-order valence-corrected chi connectivity index (χ1v) is 7.81. The first-order chi connectivity index (χ1) is 9.88. The van der Waals surface area contributed by atoms with Crippen LogP contribution in [0.4, 0.5) is 10.1 Å². The second kappa shape index (κ2) is 6.75. The van der Waals surface area contributed by atoms with Gasteiger partial charge in [-0.3, -0.25) is 0 Å². The number of benzene rings is 1. The molecule has 21 heavy (non-hydrogen) atoms. The van der Waals surface area contributed by atoms with Gasteiger partial charge in [-0.15, -0.1) is 0 Å². The van der Waals surface area contributed by atoms with Crippen LogP contribution in [0.5, 0.6) is 0 Å². The summed E-state index contributed by atoms with van der Waals surface area (Å²) in [5.41, 5.74) is 2.22. The highest BCUT2D eigenvalue weighted by molar-refractivity contribution is 5.55. The largest absolute Gasteiger partial charge is 0.369 e. The third-order valence-corrected chi connectivity index (χ3v) is 4.32. The van der Waals surface area contributed by atoms with E-state index >= 15 is 0 Å². The number of halogens is 1. The SMILES string of the molecule is CC(C)NCc1cc(F)ccc1N1CC(C)C(N(C)C)C1. The molecule has 118 valence electrons. The Bertz CT molecular complexity index is 473. The molecule has 0 bridgehead atoms. The maximum atomic E-state index is 13.6. The molecule has 1 aromatic rings. The van der Waals surface area contributed by atoms with Crippen molar-refractivity contribution in [3.63, 3.8) is 0 Å². The van der Waals surface area contributed by atoms with Crippen molar-refractivity contribution in [1.29, 1.82) is 0 Å². The molecule has 0 aliphatic carbocycles. The van der Waals surface area contributed by atoms with Gasteiger partial charge in [-0.1, -0.05) is 20.8 Å². The zero-order valence-electron chi connectivity index (χ0n) is 13.9. The maximum absolute atomic E-state index is 13.6. The summed E-state index contributed by atoms with van der Waals surface area (Å²) >= 11 is 0. The van der Waals surface area contributed by atoms with Crippen molar-refractivity contribution in [2.24, 2.45) is 5.92 Å². The molecule has 1 heterocycles. The molecule has 1 aromatic carbocycles. The Morgan fingerprint density at radius 3 is 2.62 bits per heavy atom. The molecular formula is C17H28FN3. The van der Waals surface area contributed by atoms with Crippen LogP contribution in [-0.2, 0) is 6.54 Å². The fourth-order valence-electron chi connectivity index (χ4n) is 3.14. The summed E-state index contributed by atoms with van der Waals surface area (Å²) in [6, 6.07) is 6.12. The van der Waals surface area contributed by atoms with Crippen LogP contribution in [0, 0.1) is 11.7 Å². The number of hydrogen-bond acceptors (Lipinski definition) is 3. The summed E-state index contributed by atoms with van der Waals surface area (Å²) < 4.78 is 13.6. The lowest BCUT2D eigenvalue weighted by molar-refractivity contribution is 0.266. The van der Waals surface area contributed by atoms with Crippen LogP contribution >= 0.6 is 0 Å². The van der Waals surface area contributed by atoms with Crippen LogP contribution in [0.15, 0.2) is 18.2 Å². The average Bonchev–Trinajstić information content (AvgIpc) is 2.78. The van der Waals surface area contributed by atoms with Crippen molar-refractivity contribution in [2.75, 3.05) is 32.1 Å². The van der Waals surface area contributed by atoms with E-state index in [0.717, 1.165) is 18.7 Å². The Kier molecular flexibility index (Phi) is 5.22. The smallest absolute Gasteiger partial charge is 0.123 e. The molecule has 1 N–H and O–H groups in total. The number of hydrogen-bond donors (Lipinski definition) is 1. The molecule has 0 amide bonds. The van der Waals surface area contributed by atoms with E-state index in [2.05, 4.69) is 50.0 Å². The van der Waals surface area contributed by atoms with Gasteiger partial charge in [0.15, 0.2) is 0 Å². The van der Waals surface area contributed by atoms with E-state index in [1.54, 1.807) is 12.1 Å². The monoisotopic (exact) mass is 293 g/mol. The molecule has 0 spiro atoms. The van der Waals surface area contributed by atoms with Crippen molar-refractivity contribution in [3.8, 4) is 0 Å². The maximum Gasteiger partial charge on any atom is 0.123 e. The normalized spacial score (nSPS) is 22.6. The third-order valence-electron chi connectivity index (χ3n) is 4.32. The molecule has 3 nitrogen and oxygen atoms in total. The first-order valence-electron chi connectivity index (χ1n) is 7.81. The van der Waals surface area contributed by atoms with E-state index < -0.39 is 0 Å². The molecule has 1 saturated heterocycles. The van der Waals surface area contributed by atoms with Crippen LogP contribution in [-0.4, -0.2) is 44.2 Å². The Labute approximate surface area is 128 Å². The molecule has 2 atom stereocenters. The predicted molar refractivity (Wildman–Crippen MR) is 87.2 cm³/mol. The number of rotatable bonds is 5. The fraction of sp³-hybridized carbons (Fsp3) is 0.647. The average molecular weight is 293 g/mol. The Hall–Kier alpha value is -1.13. The van der Waals surface area contributed by atoms with Gasteiger partial charge in [-0.2, -0.15) is 0 Å². The number of nitrogens with zero attached hydrogens (tertiary/aromatic N) is 2. The molecule has 2 rings (SSSR count). The second-order valence-corrected chi connectivity index (χ2v) is 6.72. The Balaban J connectivity index is 2.19. The highest BCUT2D eigenvalue weighted by atomic mass is 19.1. The highest BCUT2D eigenvalue weighted by Gasteiger charge is 2.31. The molecule has 1 aliphatic rings. The number of nitrogens with one attached hydrogen (secondary N) is 1. The van der Waals surface area contributed by atoms with Crippen molar-refractivity contribution < 1.29 is 4.39 Å². The summed E-state index contributed by atoms with van der Waals surface area (Å²) in [5.74, 6) is 0.465. The van der Waals surface area contributed by atoms with Gasteiger partial charge in [0.05, 0.1) is 0 Å². The lowest BCUT2D eigenvalue weighted by Gasteiger charge is -2.24. The van der Waals surface area contributed by atoms with Crippen molar-refractivity contribution in [3.05, 3.63) is 29.6 Å². The molecule has 0 aromatic heterocycles. The quantitative estimate of drug-likeness (QED) is 0.900. The van der Waals surface area contributed by atoms with E-state index in [1.807, 2.05) is 6.07 Å². The summed E-state index contributed by atoms with van der Waals surface area (Å²) in [7, 11) is 4.27. The lowest BCUT2D eigenvalue weighted by Crippen LogP contribution is -2.34. The highest BCUT2D eigenvalue weighted by Crippen LogP contribution is 2.29. The van der Waals surface area contributed by atoms with Gasteiger partial charge in [-0.25, -0.2) is 4.39 Å². The lowest BCUT2D eigenvalue weighted by atomic mass is 10.1. The first kappa shape index (κ1) is 16.2. The summed E-state index contributed by atoms with van der Waals surface area (Å²) in [6.07, 6.45) is 0. The summed E-state index contributed by atoms with van der Waals surface area (Å²) in [6.45, 7) is 9.26. The molecule has 1 aliphatic heterocycles. The molecule has 1 fully saturated rings. The van der Waals surface area contributed by atoms with Crippen molar-refractivity contribution in [1.82, 2.24) is 10.2 Å². The van der Waals surface area contributed by atoms with Crippen molar-refractivity contribution in [2.45, 2.75) is 39.4 Å². The molecular weight excluding hydrogens is 265 g/mol. The fourth-order valence-corrected chi connectivity index (χ4v) is 3.14. The van der Waals surface area contributed by atoms with Crippen LogP contribution < -0.4 is 10.2 Å². The summed E-state index contributed by atoms with van der Waals surface area (Å²) in [4.78, 5) is 4.69. The van der Waals surface area contributed by atoms with Crippen molar-refractivity contribution >= 4 is 5.69 Å². The zero-order valence-corrected chi connectivity index (χ0v) is 13.9. The minimum Gasteiger partial charge on any atom is -0.369 e. The van der Waals surface area contributed by atoms with E-state index in [4.69, 9.17) is 0 Å². The topological polar surface area (TPSA) is 18.5 Å². The van der Waals surface area contributed by atoms with Gasteiger partial charge in [0.25, 0.3) is 0 Å². The van der Waals surface area contributed by atoms with Crippen LogP contribution in [0.25, 0.3) is 0 Å². The molecule has 2 unspecified atom stereocenters. The van der Waals surface area contributed by atoms with Gasteiger partial charge in [0.2, 0.25) is 0 Å². The zero-order chi connectivity index (χ0) is 15.6. The van der Waals surface area contributed by atoms with E-state index in [-0.39, 0.29) is 5.82 Å². The standard InChI is InChI=1S/C17H28FN3/c1-12(2)19-9-14-8-15(18)6-7-16(14)21-10-13(3)17(11-21)20(4)5/h6-8,12-13,17,19H,9-11H2,1-5H3. The second-order valence-electron chi connectivity index (χ2n) is 6.72. The van der Waals surface area contributed by atoms with Gasteiger partial charge in [0.1, 0.15) is 5.82 Å². The molecule has 0 saturated carbocycles. The van der Waals surface area contributed by atoms with E-state index in [9.17, 15) is 4.39 Å². The van der Waals surface area contributed by atoms with Gasteiger partial charge >= 0.3 is 0 Å². The van der Waals surface area contributed by atoms with Gasteiger partial charge in [-0.05, 0) is 43.8 Å². The Morgan fingerprint density at radius 1 is 1.33 bits per heavy atom. The van der Waals surface area contributed by atoms with Crippen LogP contribution in [0.2, 0.25) is 0 Å². The Morgan fingerprint density at radius 2 is 2.05 bits per heavy atom. The number of anilines is 1. The molecule has 4 heteroatoms. The predicted octanol–water partition coefficient (Wildman–Crippen LogP) is 2.71. The van der Waals surface area contributed by atoms with E-state index in [0.29, 0.717) is 24.5 Å². The van der Waals surface area contributed by atoms with Gasteiger partial charge in [0, 0.05) is 37.4 Å². The van der Waals surface area contributed by atoms with E-state index in [1.165, 1.54) is 5.69 Å². The van der Waals surface area contributed by atoms with Gasteiger partial charge < -0.3 is 15.1 Å².